The van der Waals surface area contributed by atoms with Crippen LogP contribution in [0.4, 0.5) is 11.6 Å². The fourth-order valence-electron chi connectivity index (χ4n) is 1.79. The van der Waals surface area contributed by atoms with E-state index in [2.05, 4.69) is 30.7 Å². The number of nitrogens with two attached hydrogens (primary N) is 1. The molecule has 0 atom stereocenters. The topological polar surface area (TPSA) is 102 Å². The van der Waals surface area contributed by atoms with Crippen LogP contribution in [0, 0.1) is 13.8 Å². The Morgan fingerprint density at radius 2 is 1.81 bits per heavy atom. The van der Waals surface area contributed by atoms with Crippen LogP contribution in [-0.2, 0) is 6.54 Å². The first-order chi connectivity index (χ1) is 10.0. The maximum atomic E-state index is 5.52. The predicted molar refractivity (Wildman–Crippen MR) is 82.8 cm³/mol. The van der Waals surface area contributed by atoms with Crippen LogP contribution in [0.2, 0.25) is 0 Å². The number of rotatable bonds is 5. The van der Waals surface area contributed by atoms with Gasteiger partial charge in [-0.1, -0.05) is 13.8 Å². The Morgan fingerprint density at radius 3 is 2.38 bits per heavy atom. The molecule has 0 aromatic carbocycles. The van der Waals surface area contributed by atoms with Gasteiger partial charge in [-0.3, -0.25) is 9.97 Å². The number of nitrogens with zero attached hydrogens (tertiary/aromatic N) is 4. The molecule has 21 heavy (non-hydrogen) atoms. The van der Waals surface area contributed by atoms with Crippen LogP contribution in [0.5, 0.6) is 0 Å². The summed E-state index contributed by atoms with van der Waals surface area (Å²) in [5.74, 6) is 7.87. The van der Waals surface area contributed by atoms with E-state index in [1.807, 2.05) is 27.7 Å². The Hall–Kier alpha value is -2.28. The number of hydrogen-bond acceptors (Lipinski definition) is 7. The second-order valence-corrected chi connectivity index (χ2v) is 5.21. The van der Waals surface area contributed by atoms with Crippen LogP contribution in [0.3, 0.4) is 0 Å². The normalized spacial score (nSPS) is 10.8. The molecule has 112 valence electrons. The largest absolute Gasteiger partial charge is 0.364 e. The number of hydrogen-bond donors (Lipinski definition) is 3. The van der Waals surface area contributed by atoms with Crippen molar-refractivity contribution in [2.45, 2.75) is 40.2 Å². The van der Waals surface area contributed by atoms with Gasteiger partial charge in [-0.15, -0.1) is 0 Å². The number of aryl methyl sites for hydroxylation is 1. The van der Waals surface area contributed by atoms with Crippen molar-refractivity contribution in [2.75, 3.05) is 10.7 Å². The number of aromatic nitrogens is 4. The first-order valence-corrected chi connectivity index (χ1v) is 6.87. The molecule has 0 aliphatic rings. The van der Waals surface area contributed by atoms with Crippen molar-refractivity contribution < 1.29 is 0 Å². The lowest BCUT2D eigenvalue weighted by Gasteiger charge is -2.14. The summed E-state index contributed by atoms with van der Waals surface area (Å²) in [6, 6.07) is 0. The summed E-state index contributed by atoms with van der Waals surface area (Å²) < 4.78 is 0. The van der Waals surface area contributed by atoms with Gasteiger partial charge < -0.3 is 10.7 Å². The quantitative estimate of drug-likeness (QED) is 0.570. The second kappa shape index (κ2) is 6.45. The van der Waals surface area contributed by atoms with Crippen LogP contribution in [-0.4, -0.2) is 19.9 Å². The van der Waals surface area contributed by atoms with Gasteiger partial charge in [0.1, 0.15) is 17.5 Å². The zero-order valence-electron chi connectivity index (χ0n) is 12.8. The molecule has 0 bridgehead atoms. The van der Waals surface area contributed by atoms with E-state index in [9.17, 15) is 0 Å². The molecule has 0 saturated heterocycles. The van der Waals surface area contributed by atoms with Crippen molar-refractivity contribution in [1.29, 1.82) is 0 Å². The molecule has 7 heteroatoms. The van der Waals surface area contributed by atoms with E-state index in [0.717, 1.165) is 28.6 Å². The first-order valence-electron chi connectivity index (χ1n) is 6.87. The van der Waals surface area contributed by atoms with Crippen molar-refractivity contribution in [3.05, 3.63) is 35.2 Å². The van der Waals surface area contributed by atoms with Gasteiger partial charge in [0.25, 0.3) is 0 Å². The van der Waals surface area contributed by atoms with Crippen molar-refractivity contribution in [3.8, 4) is 0 Å². The maximum absolute atomic E-state index is 5.52. The SMILES string of the molecule is Cc1cnc(CNc2nc(C(C)C)nc(NN)c2C)cn1. The molecule has 4 N–H and O–H groups in total. The molecule has 0 spiro atoms. The molecule has 2 aromatic heterocycles. The molecular weight excluding hydrogens is 266 g/mol. The lowest BCUT2D eigenvalue weighted by molar-refractivity contribution is 0.772. The summed E-state index contributed by atoms with van der Waals surface area (Å²) in [4.78, 5) is 17.5. The average molecular weight is 287 g/mol. The van der Waals surface area contributed by atoms with Gasteiger partial charge in [-0.05, 0) is 13.8 Å². The van der Waals surface area contributed by atoms with Crippen LogP contribution in [0.15, 0.2) is 12.4 Å². The Morgan fingerprint density at radius 1 is 1.10 bits per heavy atom. The van der Waals surface area contributed by atoms with Gasteiger partial charge in [-0.25, -0.2) is 15.8 Å². The maximum Gasteiger partial charge on any atom is 0.148 e. The van der Waals surface area contributed by atoms with E-state index in [1.165, 1.54) is 0 Å². The van der Waals surface area contributed by atoms with E-state index < -0.39 is 0 Å². The highest BCUT2D eigenvalue weighted by Crippen LogP contribution is 2.22. The summed E-state index contributed by atoms with van der Waals surface area (Å²) in [5.41, 5.74) is 5.24. The monoisotopic (exact) mass is 287 g/mol. The molecule has 0 saturated carbocycles. The Labute approximate surface area is 124 Å². The third kappa shape index (κ3) is 3.63. The summed E-state index contributed by atoms with van der Waals surface area (Å²) in [7, 11) is 0. The Bertz CT molecular complexity index is 607. The van der Waals surface area contributed by atoms with Crippen LogP contribution in [0.25, 0.3) is 0 Å². The molecule has 0 amide bonds. The molecule has 0 aliphatic heterocycles. The highest BCUT2D eigenvalue weighted by atomic mass is 15.3. The fraction of sp³-hybridized carbons (Fsp3) is 0.429. The zero-order valence-corrected chi connectivity index (χ0v) is 12.8. The number of anilines is 2. The average Bonchev–Trinajstić information content (AvgIpc) is 2.47. The highest BCUT2D eigenvalue weighted by Gasteiger charge is 2.12. The minimum atomic E-state index is 0.220. The predicted octanol–water partition coefficient (Wildman–Crippen LogP) is 1.90. The molecule has 2 rings (SSSR count). The fourth-order valence-corrected chi connectivity index (χ4v) is 1.79. The van der Waals surface area contributed by atoms with Crippen molar-refractivity contribution in [3.63, 3.8) is 0 Å². The van der Waals surface area contributed by atoms with Crippen LogP contribution < -0.4 is 16.6 Å². The Kier molecular flexibility index (Phi) is 4.64. The van der Waals surface area contributed by atoms with Gasteiger partial charge in [-0.2, -0.15) is 0 Å². The smallest absolute Gasteiger partial charge is 0.148 e. The second-order valence-electron chi connectivity index (χ2n) is 5.21. The molecule has 0 unspecified atom stereocenters. The van der Waals surface area contributed by atoms with Crippen LogP contribution >= 0.6 is 0 Å². The van der Waals surface area contributed by atoms with Crippen molar-refractivity contribution >= 4 is 11.6 Å². The van der Waals surface area contributed by atoms with Crippen molar-refractivity contribution in [2.24, 2.45) is 5.84 Å². The van der Waals surface area contributed by atoms with Crippen LogP contribution in [0.1, 0.15) is 42.5 Å². The van der Waals surface area contributed by atoms with E-state index in [4.69, 9.17) is 5.84 Å². The molecular formula is C14H21N7. The molecule has 2 aromatic rings. The standard InChI is InChI=1S/C14H21N7/c1-8(2)12-19-13(10(4)14(20-12)21-15)18-7-11-6-16-9(3)5-17-11/h5-6,8H,7,15H2,1-4H3,(H2,18,19,20,21). The highest BCUT2D eigenvalue weighted by molar-refractivity contribution is 5.56. The molecule has 0 aliphatic carbocycles. The van der Waals surface area contributed by atoms with E-state index >= 15 is 0 Å². The minimum Gasteiger partial charge on any atom is -0.364 e. The molecule has 0 fully saturated rings. The van der Waals surface area contributed by atoms with E-state index in [-0.39, 0.29) is 5.92 Å². The van der Waals surface area contributed by atoms with E-state index in [0.29, 0.717) is 12.4 Å². The van der Waals surface area contributed by atoms with Gasteiger partial charge in [0.2, 0.25) is 0 Å². The summed E-state index contributed by atoms with van der Waals surface area (Å²) in [6.07, 6.45) is 3.50. The summed E-state index contributed by atoms with van der Waals surface area (Å²) >= 11 is 0. The lowest BCUT2D eigenvalue weighted by atomic mass is 10.2. The zero-order chi connectivity index (χ0) is 15.4. The number of hydrazine groups is 1. The first kappa shape index (κ1) is 15.1. The number of nitrogen functional groups attached to an aromatic ring is 1. The molecule has 0 radical (unpaired) electrons. The Balaban J connectivity index is 2.22. The summed E-state index contributed by atoms with van der Waals surface area (Å²) in [6.45, 7) is 8.46. The third-order valence-corrected chi connectivity index (χ3v) is 3.09. The third-order valence-electron chi connectivity index (χ3n) is 3.09. The lowest BCUT2D eigenvalue weighted by Crippen LogP contribution is -2.15. The number of nitrogens with one attached hydrogen (secondary N) is 2. The van der Waals surface area contributed by atoms with Gasteiger partial charge in [0, 0.05) is 17.7 Å². The summed E-state index contributed by atoms with van der Waals surface area (Å²) in [5, 5.41) is 3.27. The van der Waals surface area contributed by atoms with Gasteiger partial charge in [0.15, 0.2) is 0 Å². The van der Waals surface area contributed by atoms with Gasteiger partial charge in [0.05, 0.1) is 24.1 Å². The van der Waals surface area contributed by atoms with Crippen molar-refractivity contribution in [1.82, 2.24) is 19.9 Å². The van der Waals surface area contributed by atoms with E-state index in [1.54, 1.807) is 12.4 Å². The van der Waals surface area contributed by atoms with Gasteiger partial charge >= 0.3 is 0 Å². The minimum absolute atomic E-state index is 0.220. The molecule has 7 nitrogen and oxygen atoms in total. The molecule has 2 heterocycles.